The highest BCUT2D eigenvalue weighted by Crippen LogP contribution is 2.32. The molecular weight excluding hydrogens is 357 g/mol. The first-order valence-corrected chi connectivity index (χ1v) is 9.87. The van der Waals surface area contributed by atoms with Crippen LogP contribution in [0, 0.1) is 17.7 Å². The second-order valence-corrected chi connectivity index (χ2v) is 7.27. The smallest absolute Gasteiger partial charge is 0.310 e. The van der Waals surface area contributed by atoms with Crippen LogP contribution in [0.5, 0.6) is 0 Å². The van der Waals surface area contributed by atoms with E-state index in [-0.39, 0.29) is 30.2 Å². The molecule has 0 bridgehead atoms. The number of carbonyl (C=O) groups is 2. The summed E-state index contributed by atoms with van der Waals surface area (Å²) in [5, 5.41) is 2.94. The SMILES string of the molecule is CCc1ccc(NC(=O)[C@H]2CCCC[C@H]2C(=O)OCc2ccc(F)cc2)cc1. The molecule has 1 amide bonds. The van der Waals surface area contributed by atoms with Gasteiger partial charge in [0.2, 0.25) is 5.91 Å². The van der Waals surface area contributed by atoms with Crippen molar-refractivity contribution in [1.82, 2.24) is 0 Å². The van der Waals surface area contributed by atoms with Gasteiger partial charge in [-0.1, -0.05) is 44.0 Å². The van der Waals surface area contributed by atoms with Crippen molar-refractivity contribution < 1.29 is 18.7 Å². The van der Waals surface area contributed by atoms with Gasteiger partial charge < -0.3 is 10.1 Å². The topological polar surface area (TPSA) is 55.4 Å². The Hall–Kier alpha value is -2.69. The maximum Gasteiger partial charge on any atom is 0.310 e. The fourth-order valence-electron chi connectivity index (χ4n) is 3.63. The number of halogens is 1. The minimum atomic E-state index is -0.441. The first kappa shape index (κ1) is 20.1. The second kappa shape index (κ2) is 9.49. The molecule has 1 aliphatic carbocycles. The summed E-state index contributed by atoms with van der Waals surface area (Å²) in [6, 6.07) is 13.6. The predicted octanol–water partition coefficient (Wildman–Crippen LogP) is 4.88. The van der Waals surface area contributed by atoms with E-state index in [1.807, 2.05) is 24.3 Å². The molecule has 0 heterocycles. The lowest BCUT2D eigenvalue weighted by Crippen LogP contribution is -2.37. The Bertz CT molecular complexity index is 802. The summed E-state index contributed by atoms with van der Waals surface area (Å²) in [5.74, 6) is -1.64. The van der Waals surface area contributed by atoms with Crippen LogP contribution in [0.1, 0.15) is 43.7 Å². The Morgan fingerprint density at radius 3 is 2.21 bits per heavy atom. The monoisotopic (exact) mass is 383 g/mol. The van der Waals surface area contributed by atoms with Gasteiger partial charge >= 0.3 is 5.97 Å². The Morgan fingerprint density at radius 2 is 1.57 bits per heavy atom. The minimum Gasteiger partial charge on any atom is -0.461 e. The number of benzene rings is 2. The fraction of sp³-hybridized carbons (Fsp3) is 0.391. The molecule has 2 aromatic rings. The standard InChI is InChI=1S/C23H26FNO3/c1-2-16-9-13-19(14-10-16)25-22(26)20-5-3-4-6-21(20)23(27)28-15-17-7-11-18(24)12-8-17/h7-14,20-21H,2-6,15H2,1H3,(H,25,26)/t20-,21+/m0/s1. The van der Waals surface area contributed by atoms with Gasteiger partial charge in [-0.05, 0) is 54.7 Å². The van der Waals surface area contributed by atoms with Crippen LogP contribution in [-0.4, -0.2) is 11.9 Å². The Morgan fingerprint density at radius 1 is 0.964 bits per heavy atom. The van der Waals surface area contributed by atoms with Crippen molar-refractivity contribution in [3.8, 4) is 0 Å². The normalized spacial score (nSPS) is 19.1. The number of esters is 1. The van der Waals surface area contributed by atoms with E-state index in [0.717, 1.165) is 30.5 Å². The third-order valence-electron chi connectivity index (χ3n) is 5.33. The first-order chi connectivity index (χ1) is 13.6. The zero-order chi connectivity index (χ0) is 19.9. The molecule has 5 heteroatoms. The number of amides is 1. The molecule has 3 rings (SSSR count). The lowest BCUT2D eigenvalue weighted by molar-refractivity contribution is -0.155. The van der Waals surface area contributed by atoms with Gasteiger partial charge in [0.25, 0.3) is 0 Å². The van der Waals surface area contributed by atoms with Gasteiger partial charge in [0, 0.05) is 5.69 Å². The van der Waals surface area contributed by atoms with Crippen LogP contribution in [0.2, 0.25) is 0 Å². The van der Waals surface area contributed by atoms with Crippen LogP contribution in [0.3, 0.4) is 0 Å². The lowest BCUT2D eigenvalue weighted by Gasteiger charge is -2.29. The molecule has 1 saturated carbocycles. The van der Waals surface area contributed by atoms with Crippen molar-refractivity contribution in [2.45, 2.75) is 45.6 Å². The van der Waals surface area contributed by atoms with Crippen molar-refractivity contribution >= 4 is 17.6 Å². The number of carbonyl (C=O) groups excluding carboxylic acids is 2. The van der Waals surface area contributed by atoms with E-state index in [4.69, 9.17) is 4.74 Å². The third kappa shape index (κ3) is 5.18. The van der Waals surface area contributed by atoms with E-state index in [2.05, 4.69) is 12.2 Å². The van der Waals surface area contributed by atoms with E-state index in [9.17, 15) is 14.0 Å². The van der Waals surface area contributed by atoms with Crippen molar-refractivity contribution in [1.29, 1.82) is 0 Å². The van der Waals surface area contributed by atoms with Gasteiger partial charge in [-0.3, -0.25) is 9.59 Å². The molecule has 1 N–H and O–H groups in total. The first-order valence-electron chi connectivity index (χ1n) is 9.87. The van der Waals surface area contributed by atoms with Crippen LogP contribution in [-0.2, 0) is 27.4 Å². The van der Waals surface area contributed by atoms with E-state index >= 15 is 0 Å². The molecule has 0 aromatic heterocycles. The molecule has 2 atom stereocenters. The van der Waals surface area contributed by atoms with Crippen LogP contribution < -0.4 is 5.32 Å². The quantitative estimate of drug-likeness (QED) is 0.724. The van der Waals surface area contributed by atoms with Gasteiger partial charge in [0.1, 0.15) is 12.4 Å². The fourth-order valence-corrected chi connectivity index (χ4v) is 3.63. The molecule has 0 spiro atoms. The largest absolute Gasteiger partial charge is 0.461 e. The van der Waals surface area contributed by atoms with Gasteiger partial charge in [0.15, 0.2) is 0 Å². The van der Waals surface area contributed by atoms with Crippen LogP contribution in [0.25, 0.3) is 0 Å². The zero-order valence-corrected chi connectivity index (χ0v) is 16.1. The number of aryl methyl sites for hydroxylation is 1. The van der Waals surface area contributed by atoms with Crippen molar-refractivity contribution in [2.75, 3.05) is 5.32 Å². The molecule has 1 aliphatic rings. The maximum atomic E-state index is 13.0. The molecule has 1 fully saturated rings. The minimum absolute atomic E-state index is 0.0857. The highest BCUT2D eigenvalue weighted by atomic mass is 19.1. The van der Waals surface area contributed by atoms with E-state index < -0.39 is 5.92 Å². The van der Waals surface area contributed by atoms with E-state index in [1.54, 1.807) is 12.1 Å². The lowest BCUT2D eigenvalue weighted by atomic mass is 9.78. The van der Waals surface area contributed by atoms with Gasteiger partial charge in [0.05, 0.1) is 11.8 Å². The number of nitrogens with one attached hydrogen (secondary N) is 1. The molecule has 148 valence electrons. The molecular formula is C23H26FNO3. The number of hydrogen-bond donors (Lipinski definition) is 1. The van der Waals surface area contributed by atoms with Gasteiger partial charge in [-0.2, -0.15) is 0 Å². The molecule has 0 saturated heterocycles. The third-order valence-corrected chi connectivity index (χ3v) is 5.33. The summed E-state index contributed by atoms with van der Waals surface area (Å²) >= 11 is 0. The highest BCUT2D eigenvalue weighted by Gasteiger charge is 2.36. The predicted molar refractivity (Wildman–Crippen MR) is 106 cm³/mol. The number of rotatable bonds is 6. The number of anilines is 1. The van der Waals surface area contributed by atoms with Gasteiger partial charge in [-0.15, -0.1) is 0 Å². The van der Waals surface area contributed by atoms with E-state index in [1.165, 1.54) is 17.7 Å². The molecule has 4 nitrogen and oxygen atoms in total. The maximum absolute atomic E-state index is 13.0. The molecule has 0 radical (unpaired) electrons. The molecule has 28 heavy (non-hydrogen) atoms. The van der Waals surface area contributed by atoms with Crippen LogP contribution in [0.4, 0.5) is 10.1 Å². The Balaban J connectivity index is 1.60. The summed E-state index contributed by atoms with van der Waals surface area (Å²) in [7, 11) is 0. The average molecular weight is 383 g/mol. The summed E-state index contributed by atoms with van der Waals surface area (Å²) in [5.41, 5.74) is 2.67. The van der Waals surface area contributed by atoms with E-state index in [0.29, 0.717) is 12.8 Å². The molecule has 2 aromatic carbocycles. The summed E-state index contributed by atoms with van der Waals surface area (Å²) in [6.07, 6.45) is 4.10. The number of hydrogen-bond acceptors (Lipinski definition) is 3. The summed E-state index contributed by atoms with van der Waals surface area (Å²) in [4.78, 5) is 25.4. The Kier molecular flexibility index (Phi) is 6.80. The highest BCUT2D eigenvalue weighted by molar-refractivity contribution is 5.95. The average Bonchev–Trinajstić information content (AvgIpc) is 2.73. The molecule has 0 aliphatic heterocycles. The van der Waals surface area contributed by atoms with Crippen molar-refractivity contribution in [3.63, 3.8) is 0 Å². The zero-order valence-electron chi connectivity index (χ0n) is 16.1. The summed E-state index contributed by atoms with van der Waals surface area (Å²) in [6.45, 7) is 2.17. The van der Waals surface area contributed by atoms with Gasteiger partial charge in [-0.25, -0.2) is 4.39 Å². The van der Waals surface area contributed by atoms with Crippen LogP contribution in [0.15, 0.2) is 48.5 Å². The van der Waals surface area contributed by atoms with Crippen molar-refractivity contribution in [3.05, 3.63) is 65.5 Å². The Labute approximate surface area is 165 Å². The molecule has 0 unspecified atom stereocenters. The van der Waals surface area contributed by atoms with Crippen LogP contribution >= 0.6 is 0 Å². The van der Waals surface area contributed by atoms with Crippen molar-refractivity contribution in [2.24, 2.45) is 11.8 Å². The number of ether oxygens (including phenoxy) is 1. The summed E-state index contributed by atoms with van der Waals surface area (Å²) < 4.78 is 18.4. The second-order valence-electron chi connectivity index (χ2n) is 7.27.